The smallest absolute Gasteiger partial charge is 0.256 e. The lowest BCUT2D eigenvalue weighted by Crippen LogP contribution is -2.60. The van der Waals surface area contributed by atoms with Gasteiger partial charge in [-0.15, -0.1) is 0 Å². The second-order valence-electron chi connectivity index (χ2n) is 8.17. The fraction of sp³-hybridized carbons (Fsp3) is 0.579. The van der Waals surface area contributed by atoms with Crippen molar-refractivity contribution >= 4 is 23.4 Å². The topological polar surface area (TPSA) is 110 Å². The van der Waals surface area contributed by atoms with Crippen molar-refractivity contribution in [3.8, 4) is 0 Å². The SMILES string of the molecule is CC1(C)C[C@]1(O)C(=O)N1CCC[C@]1(Cc1cc(Cl)ccc1CN)C(N)=O. The Kier molecular flexibility index (Phi) is 4.58. The molecule has 1 heterocycles. The summed E-state index contributed by atoms with van der Waals surface area (Å²) in [5.74, 6) is -0.969. The summed E-state index contributed by atoms with van der Waals surface area (Å²) in [4.78, 5) is 27.1. The van der Waals surface area contributed by atoms with Crippen LogP contribution >= 0.6 is 11.6 Å². The van der Waals surface area contributed by atoms with Gasteiger partial charge in [0, 0.05) is 29.9 Å². The molecule has 0 aromatic heterocycles. The van der Waals surface area contributed by atoms with E-state index in [0.29, 0.717) is 37.4 Å². The van der Waals surface area contributed by atoms with Crippen molar-refractivity contribution in [3.63, 3.8) is 0 Å². The second kappa shape index (κ2) is 6.22. The summed E-state index contributed by atoms with van der Waals surface area (Å²) in [7, 11) is 0. The van der Waals surface area contributed by atoms with E-state index in [2.05, 4.69) is 0 Å². The summed E-state index contributed by atoms with van der Waals surface area (Å²) in [6.45, 7) is 4.39. The highest BCUT2D eigenvalue weighted by Crippen LogP contribution is 2.57. The van der Waals surface area contributed by atoms with Gasteiger partial charge < -0.3 is 21.5 Å². The van der Waals surface area contributed by atoms with Crippen LogP contribution in [0.2, 0.25) is 5.02 Å². The number of nitrogens with two attached hydrogens (primary N) is 2. The molecule has 2 aliphatic rings. The highest BCUT2D eigenvalue weighted by molar-refractivity contribution is 6.30. The van der Waals surface area contributed by atoms with Crippen molar-refractivity contribution in [1.82, 2.24) is 4.90 Å². The fourth-order valence-electron chi connectivity index (χ4n) is 4.16. The van der Waals surface area contributed by atoms with E-state index in [1.807, 2.05) is 19.9 Å². The Labute approximate surface area is 158 Å². The van der Waals surface area contributed by atoms with Crippen molar-refractivity contribution in [2.24, 2.45) is 16.9 Å². The Balaban J connectivity index is 1.99. The maximum absolute atomic E-state index is 13.1. The standard InChI is InChI=1S/C19H26ClN3O3/c1-17(2)11-19(17,26)16(25)23-7-3-6-18(23,15(22)24)9-13-8-14(20)5-4-12(13)10-21/h4-5,8,26H,3,6-7,9-11,21H2,1-2H3,(H2,22,24)/t18-,19-/m0/s1. The fourth-order valence-corrected chi connectivity index (χ4v) is 4.35. The summed E-state index contributed by atoms with van der Waals surface area (Å²) < 4.78 is 0. The minimum atomic E-state index is -1.43. The van der Waals surface area contributed by atoms with Crippen molar-refractivity contribution in [3.05, 3.63) is 34.3 Å². The lowest BCUT2D eigenvalue weighted by Gasteiger charge is -2.38. The van der Waals surface area contributed by atoms with Gasteiger partial charge in [-0.1, -0.05) is 31.5 Å². The van der Waals surface area contributed by atoms with E-state index in [1.54, 1.807) is 12.1 Å². The van der Waals surface area contributed by atoms with E-state index in [0.717, 1.165) is 11.1 Å². The molecular formula is C19H26ClN3O3. The van der Waals surface area contributed by atoms with Gasteiger partial charge in [-0.05, 0) is 42.5 Å². The molecule has 2 atom stereocenters. The Morgan fingerprint density at radius 2 is 1.96 bits per heavy atom. The summed E-state index contributed by atoms with van der Waals surface area (Å²) in [5.41, 5.74) is 10.2. The second-order valence-corrected chi connectivity index (χ2v) is 8.61. The lowest BCUT2D eigenvalue weighted by atomic mass is 9.85. The van der Waals surface area contributed by atoms with Crippen LogP contribution in [0.4, 0.5) is 0 Å². The molecule has 0 spiro atoms. The summed E-state index contributed by atoms with van der Waals surface area (Å²) in [6.07, 6.45) is 1.75. The van der Waals surface area contributed by atoms with Crippen LogP contribution in [-0.4, -0.2) is 39.5 Å². The third-order valence-electron chi connectivity index (χ3n) is 6.11. The first-order valence-corrected chi connectivity index (χ1v) is 9.27. The van der Waals surface area contributed by atoms with Gasteiger partial charge in [0.2, 0.25) is 5.91 Å². The minimum absolute atomic E-state index is 0.248. The van der Waals surface area contributed by atoms with E-state index < -0.39 is 28.4 Å². The van der Waals surface area contributed by atoms with Crippen molar-refractivity contribution < 1.29 is 14.7 Å². The Morgan fingerprint density at radius 3 is 2.50 bits per heavy atom. The van der Waals surface area contributed by atoms with Gasteiger partial charge in [-0.2, -0.15) is 0 Å². The highest BCUT2D eigenvalue weighted by atomic mass is 35.5. The number of aliphatic hydroxyl groups is 1. The molecule has 0 radical (unpaired) electrons. The van der Waals surface area contributed by atoms with E-state index in [4.69, 9.17) is 23.1 Å². The first-order chi connectivity index (χ1) is 12.1. The van der Waals surface area contributed by atoms with E-state index in [-0.39, 0.29) is 6.42 Å². The number of primary amides is 1. The Bertz CT molecular complexity index is 766. The van der Waals surface area contributed by atoms with E-state index >= 15 is 0 Å². The van der Waals surface area contributed by atoms with Crippen LogP contribution in [0.15, 0.2) is 18.2 Å². The number of rotatable bonds is 5. The molecule has 7 heteroatoms. The molecule has 1 aromatic rings. The minimum Gasteiger partial charge on any atom is -0.379 e. The quantitative estimate of drug-likeness (QED) is 0.717. The molecule has 6 nitrogen and oxygen atoms in total. The van der Waals surface area contributed by atoms with Crippen molar-refractivity contribution in [1.29, 1.82) is 0 Å². The van der Waals surface area contributed by atoms with Gasteiger partial charge >= 0.3 is 0 Å². The third kappa shape index (κ3) is 2.80. The first kappa shape index (κ1) is 19.1. The van der Waals surface area contributed by atoms with Crippen LogP contribution in [-0.2, 0) is 22.6 Å². The van der Waals surface area contributed by atoms with E-state index in [1.165, 1.54) is 4.90 Å². The van der Waals surface area contributed by atoms with Crippen LogP contribution in [0.3, 0.4) is 0 Å². The monoisotopic (exact) mass is 379 g/mol. The molecule has 1 aliphatic heterocycles. The molecule has 0 bridgehead atoms. The molecule has 26 heavy (non-hydrogen) atoms. The predicted octanol–water partition coefficient (Wildman–Crippen LogP) is 1.35. The zero-order valence-electron chi connectivity index (χ0n) is 15.2. The Morgan fingerprint density at radius 1 is 1.31 bits per heavy atom. The number of nitrogens with zero attached hydrogens (tertiary/aromatic N) is 1. The number of benzene rings is 1. The first-order valence-electron chi connectivity index (χ1n) is 8.89. The molecule has 2 amide bonds. The van der Waals surface area contributed by atoms with Gasteiger partial charge in [-0.3, -0.25) is 9.59 Å². The van der Waals surface area contributed by atoms with Crippen LogP contribution in [0.5, 0.6) is 0 Å². The van der Waals surface area contributed by atoms with Crippen LogP contribution in [0.25, 0.3) is 0 Å². The average Bonchev–Trinajstić information content (AvgIpc) is 2.91. The normalized spacial score (nSPS) is 29.7. The molecule has 1 saturated heterocycles. The number of likely N-dealkylation sites (tertiary alicyclic amines) is 1. The van der Waals surface area contributed by atoms with Gasteiger partial charge in [0.15, 0.2) is 0 Å². The van der Waals surface area contributed by atoms with Crippen molar-refractivity contribution in [2.75, 3.05) is 6.54 Å². The zero-order valence-corrected chi connectivity index (χ0v) is 16.0. The van der Waals surface area contributed by atoms with Crippen LogP contribution in [0, 0.1) is 5.41 Å². The van der Waals surface area contributed by atoms with Crippen LogP contribution < -0.4 is 11.5 Å². The summed E-state index contributed by atoms with van der Waals surface area (Å²) >= 11 is 6.13. The number of halogens is 1. The average molecular weight is 380 g/mol. The lowest BCUT2D eigenvalue weighted by molar-refractivity contribution is -0.153. The van der Waals surface area contributed by atoms with Crippen LogP contribution in [0.1, 0.15) is 44.2 Å². The van der Waals surface area contributed by atoms with Crippen molar-refractivity contribution in [2.45, 2.75) is 57.2 Å². The molecule has 0 unspecified atom stereocenters. The number of amides is 2. The zero-order chi connectivity index (χ0) is 19.3. The number of carbonyl (C=O) groups is 2. The molecule has 142 valence electrons. The molecule has 2 fully saturated rings. The maximum Gasteiger partial charge on any atom is 0.256 e. The number of hydrogen-bond acceptors (Lipinski definition) is 4. The number of carbonyl (C=O) groups excluding carboxylic acids is 2. The molecular weight excluding hydrogens is 354 g/mol. The van der Waals surface area contributed by atoms with E-state index in [9.17, 15) is 14.7 Å². The van der Waals surface area contributed by atoms with Gasteiger partial charge in [0.25, 0.3) is 5.91 Å². The number of hydrogen-bond donors (Lipinski definition) is 3. The molecule has 5 N–H and O–H groups in total. The molecule has 3 rings (SSSR count). The maximum atomic E-state index is 13.1. The largest absolute Gasteiger partial charge is 0.379 e. The predicted molar refractivity (Wildman–Crippen MR) is 99.3 cm³/mol. The molecule has 1 aromatic carbocycles. The highest BCUT2D eigenvalue weighted by Gasteiger charge is 2.68. The summed E-state index contributed by atoms with van der Waals surface area (Å²) in [6, 6.07) is 5.34. The summed E-state index contributed by atoms with van der Waals surface area (Å²) in [5, 5.41) is 11.3. The van der Waals surface area contributed by atoms with Gasteiger partial charge in [0.05, 0.1) is 0 Å². The van der Waals surface area contributed by atoms with Gasteiger partial charge in [-0.25, -0.2) is 0 Å². The molecule has 1 saturated carbocycles. The van der Waals surface area contributed by atoms with Gasteiger partial charge in [0.1, 0.15) is 11.1 Å². The Hall–Kier alpha value is -1.63. The molecule has 1 aliphatic carbocycles. The third-order valence-corrected chi connectivity index (χ3v) is 6.34.